The maximum Gasteiger partial charge on any atom is 0.0524 e. The van der Waals surface area contributed by atoms with Gasteiger partial charge in [-0.2, -0.15) is 0 Å². The Morgan fingerprint density at radius 2 is 2.06 bits per heavy atom. The van der Waals surface area contributed by atoms with Gasteiger partial charge in [0.1, 0.15) is 0 Å². The lowest BCUT2D eigenvalue weighted by atomic mass is 9.88. The Morgan fingerprint density at radius 1 is 1.33 bits per heavy atom. The van der Waals surface area contributed by atoms with Gasteiger partial charge in [0.05, 0.1) is 6.04 Å². The van der Waals surface area contributed by atoms with Crippen LogP contribution in [-0.4, -0.2) is 24.0 Å². The summed E-state index contributed by atoms with van der Waals surface area (Å²) in [6, 6.07) is 11.1. The lowest BCUT2D eigenvalue weighted by molar-refractivity contribution is 0.0482. The predicted molar refractivity (Wildman–Crippen MR) is 77.2 cm³/mol. The predicted octanol–water partition coefficient (Wildman–Crippen LogP) is 2.80. The molecule has 0 bridgehead atoms. The number of benzene rings is 1. The molecule has 1 saturated heterocycles. The maximum absolute atomic E-state index is 5.84. The minimum atomic E-state index is 0.418. The first-order valence-electron chi connectivity index (χ1n) is 6.90. The van der Waals surface area contributed by atoms with Crippen LogP contribution in [0.1, 0.15) is 25.3 Å². The summed E-state index contributed by atoms with van der Waals surface area (Å²) in [5.41, 5.74) is 8.11. The molecule has 98 valence electrons. The molecule has 1 aromatic carbocycles. The van der Waals surface area contributed by atoms with Crippen LogP contribution in [0.25, 0.3) is 0 Å². The summed E-state index contributed by atoms with van der Waals surface area (Å²) in [6.07, 6.45) is 3.67. The fourth-order valence-corrected chi connectivity index (χ4v) is 2.92. The second-order valence-electron chi connectivity index (χ2n) is 5.43. The van der Waals surface area contributed by atoms with Crippen LogP contribution in [0.5, 0.6) is 0 Å². The third-order valence-corrected chi connectivity index (χ3v) is 3.84. The Kier molecular flexibility index (Phi) is 4.43. The van der Waals surface area contributed by atoms with Crippen LogP contribution in [0.15, 0.2) is 42.6 Å². The monoisotopic (exact) mass is 244 g/mol. The van der Waals surface area contributed by atoms with E-state index >= 15 is 0 Å². The molecule has 0 aromatic heterocycles. The highest BCUT2D eigenvalue weighted by Crippen LogP contribution is 2.27. The van der Waals surface area contributed by atoms with Gasteiger partial charge in [-0.05, 0) is 37.3 Å². The van der Waals surface area contributed by atoms with E-state index in [1.54, 1.807) is 0 Å². The molecule has 1 aromatic rings. The molecule has 1 heterocycles. The molecule has 2 atom stereocenters. The number of rotatable bonds is 6. The van der Waals surface area contributed by atoms with Crippen LogP contribution in [0.2, 0.25) is 0 Å². The summed E-state index contributed by atoms with van der Waals surface area (Å²) in [7, 11) is 0. The van der Waals surface area contributed by atoms with Crippen molar-refractivity contribution in [1.29, 1.82) is 0 Å². The molecular formula is C16H24N2. The number of hydrogen-bond acceptors (Lipinski definition) is 2. The van der Waals surface area contributed by atoms with E-state index in [-0.39, 0.29) is 0 Å². The van der Waals surface area contributed by atoms with Gasteiger partial charge in [-0.1, -0.05) is 43.8 Å². The highest BCUT2D eigenvalue weighted by atomic mass is 15.2. The molecule has 1 aliphatic heterocycles. The van der Waals surface area contributed by atoms with Crippen molar-refractivity contribution >= 4 is 0 Å². The minimum Gasteiger partial charge on any atom is -0.401 e. The first-order chi connectivity index (χ1) is 8.68. The Balaban J connectivity index is 1.66. The molecule has 1 fully saturated rings. The van der Waals surface area contributed by atoms with Crippen molar-refractivity contribution in [1.82, 2.24) is 4.90 Å². The second-order valence-corrected chi connectivity index (χ2v) is 5.43. The number of aryl methyl sites for hydroxylation is 1. The number of nitrogens with two attached hydrogens (primary N) is 1. The van der Waals surface area contributed by atoms with Gasteiger partial charge in [0.25, 0.3) is 0 Å². The molecule has 0 saturated carbocycles. The lowest BCUT2D eigenvalue weighted by Gasteiger charge is -2.47. The zero-order valence-electron chi connectivity index (χ0n) is 11.3. The summed E-state index contributed by atoms with van der Waals surface area (Å²) in [5.74, 6) is 0.677. The Morgan fingerprint density at radius 3 is 2.67 bits per heavy atom. The summed E-state index contributed by atoms with van der Waals surface area (Å²) in [4.78, 5) is 2.46. The molecular weight excluding hydrogens is 220 g/mol. The van der Waals surface area contributed by atoms with Crippen LogP contribution in [-0.2, 0) is 6.42 Å². The van der Waals surface area contributed by atoms with E-state index in [0.717, 1.165) is 12.2 Å². The van der Waals surface area contributed by atoms with Crippen molar-refractivity contribution in [2.45, 2.75) is 32.2 Å². The summed E-state index contributed by atoms with van der Waals surface area (Å²) in [6.45, 7) is 8.47. The zero-order valence-corrected chi connectivity index (χ0v) is 11.3. The minimum absolute atomic E-state index is 0.418. The highest BCUT2D eigenvalue weighted by Gasteiger charge is 2.35. The van der Waals surface area contributed by atoms with Gasteiger partial charge in [0.2, 0.25) is 0 Å². The third-order valence-electron chi connectivity index (χ3n) is 3.84. The molecule has 2 rings (SSSR count). The normalized spacial score (nSPS) is 23.6. The van der Waals surface area contributed by atoms with E-state index in [4.69, 9.17) is 5.73 Å². The lowest BCUT2D eigenvalue weighted by Crippen LogP contribution is -2.57. The average Bonchev–Trinajstić information content (AvgIpc) is 2.33. The number of likely N-dealkylation sites (tertiary alicyclic amines) is 1. The summed E-state index contributed by atoms with van der Waals surface area (Å²) < 4.78 is 0. The molecule has 2 unspecified atom stereocenters. The highest BCUT2D eigenvalue weighted by molar-refractivity contribution is 5.14. The van der Waals surface area contributed by atoms with Crippen molar-refractivity contribution in [2.75, 3.05) is 13.1 Å². The fourth-order valence-electron chi connectivity index (χ4n) is 2.92. The molecule has 1 aliphatic rings. The molecule has 0 radical (unpaired) electrons. The van der Waals surface area contributed by atoms with Crippen molar-refractivity contribution in [3.05, 3.63) is 48.2 Å². The van der Waals surface area contributed by atoms with E-state index in [2.05, 4.69) is 48.7 Å². The number of hydrogen-bond donors (Lipinski definition) is 1. The van der Waals surface area contributed by atoms with Gasteiger partial charge in [0.15, 0.2) is 0 Å². The van der Waals surface area contributed by atoms with Crippen LogP contribution in [0.4, 0.5) is 0 Å². The molecule has 0 aliphatic carbocycles. The standard InChI is InChI=1S/C16H24N2/c1-13-12-18(16(13)14(2)17)11-7-6-10-15-8-4-3-5-9-15/h3-5,8-9,13,16H,2,6-7,10-12,17H2,1H3. The Hall–Kier alpha value is -1.28. The first kappa shape index (κ1) is 13.2. The van der Waals surface area contributed by atoms with Crippen LogP contribution < -0.4 is 5.73 Å². The fraction of sp³-hybridized carbons (Fsp3) is 0.500. The molecule has 0 amide bonds. The van der Waals surface area contributed by atoms with Gasteiger partial charge in [0, 0.05) is 12.2 Å². The molecule has 0 spiro atoms. The van der Waals surface area contributed by atoms with Crippen molar-refractivity contribution < 1.29 is 0 Å². The van der Waals surface area contributed by atoms with Gasteiger partial charge in [-0.25, -0.2) is 0 Å². The van der Waals surface area contributed by atoms with Gasteiger partial charge < -0.3 is 5.73 Å². The van der Waals surface area contributed by atoms with E-state index in [1.807, 2.05) is 0 Å². The third kappa shape index (κ3) is 3.14. The summed E-state index contributed by atoms with van der Waals surface area (Å²) >= 11 is 0. The number of unbranched alkanes of at least 4 members (excludes halogenated alkanes) is 1. The Bertz CT molecular complexity index is 385. The van der Waals surface area contributed by atoms with Crippen LogP contribution >= 0.6 is 0 Å². The van der Waals surface area contributed by atoms with E-state index < -0.39 is 0 Å². The first-order valence-corrected chi connectivity index (χ1v) is 6.90. The van der Waals surface area contributed by atoms with Crippen molar-refractivity contribution in [3.8, 4) is 0 Å². The van der Waals surface area contributed by atoms with Gasteiger partial charge in [-0.15, -0.1) is 0 Å². The zero-order chi connectivity index (χ0) is 13.0. The quantitative estimate of drug-likeness (QED) is 0.780. The van der Waals surface area contributed by atoms with Gasteiger partial charge in [-0.3, -0.25) is 4.90 Å². The molecule has 2 N–H and O–H groups in total. The Labute approximate surface area is 110 Å². The van der Waals surface area contributed by atoms with Crippen molar-refractivity contribution in [3.63, 3.8) is 0 Å². The van der Waals surface area contributed by atoms with Gasteiger partial charge >= 0.3 is 0 Å². The van der Waals surface area contributed by atoms with E-state index in [9.17, 15) is 0 Å². The number of nitrogens with zero attached hydrogens (tertiary/aromatic N) is 1. The molecule has 2 nitrogen and oxygen atoms in total. The smallest absolute Gasteiger partial charge is 0.0524 e. The van der Waals surface area contributed by atoms with Crippen LogP contribution in [0.3, 0.4) is 0 Å². The largest absolute Gasteiger partial charge is 0.401 e. The van der Waals surface area contributed by atoms with Crippen molar-refractivity contribution in [2.24, 2.45) is 11.7 Å². The molecule has 18 heavy (non-hydrogen) atoms. The second kappa shape index (κ2) is 6.05. The van der Waals surface area contributed by atoms with Crippen LogP contribution in [0, 0.1) is 5.92 Å². The van der Waals surface area contributed by atoms with E-state index in [0.29, 0.717) is 12.0 Å². The average molecular weight is 244 g/mol. The molecule has 2 heteroatoms. The summed E-state index contributed by atoms with van der Waals surface area (Å²) in [5, 5.41) is 0. The topological polar surface area (TPSA) is 29.3 Å². The maximum atomic E-state index is 5.84. The SMILES string of the molecule is C=C(N)C1C(C)CN1CCCCc1ccccc1. The van der Waals surface area contributed by atoms with E-state index in [1.165, 1.54) is 31.4 Å².